The van der Waals surface area contributed by atoms with Crippen molar-refractivity contribution in [3.05, 3.63) is 40.7 Å². The van der Waals surface area contributed by atoms with Gasteiger partial charge in [0.1, 0.15) is 23.7 Å². The molecule has 0 atom stereocenters. The van der Waals surface area contributed by atoms with Crippen molar-refractivity contribution in [2.45, 2.75) is 40.5 Å². The maximum Gasteiger partial charge on any atom is 0.132 e. The maximum absolute atomic E-state index is 9.25. The first kappa shape index (κ1) is 13.5. The second kappa shape index (κ2) is 5.84. The molecule has 0 radical (unpaired) electrons. The molecule has 1 heterocycles. The molecule has 19 heavy (non-hydrogen) atoms. The number of aliphatic hydroxyl groups excluding tert-OH is 1. The molecule has 0 amide bonds. The van der Waals surface area contributed by atoms with Gasteiger partial charge < -0.3 is 9.84 Å². The first-order chi connectivity index (χ1) is 9.15. The van der Waals surface area contributed by atoms with Gasteiger partial charge >= 0.3 is 0 Å². The quantitative estimate of drug-likeness (QED) is 0.894. The van der Waals surface area contributed by atoms with E-state index >= 15 is 0 Å². The molecule has 5 nitrogen and oxygen atoms in total. The van der Waals surface area contributed by atoms with Crippen molar-refractivity contribution in [2.24, 2.45) is 0 Å². The molecule has 0 unspecified atom stereocenters. The molecule has 1 aromatic heterocycles. The zero-order valence-corrected chi connectivity index (χ0v) is 11.6. The number of rotatable bonds is 5. The third-order valence-electron chi connectivity index (χ3n) is 3.08. The van der Waals surface area contributed by atoms with E-state index in [2.05, 4.69) is 16.4 Å². The van der Waals surface area contributed by atoms with E-state index in [9.17, 15) is 5.11 Å². The summed E-state index contributed by atoms with van der Waals surface area (Å²) in [7, 11) is 0. The molecule has 0 saturated heterocycles. The fourth-order valence-corrected chi connectivity index (χ4v) is 1.91. The Morgan fingerprint density at radius 1 is 1.32 bits per heavy atom. The fraction of sp³-hybridized carbons (Fsp3) is 0.429. The Labute approximate surface area is 112 Å². The second-order valence-electron chi connectivity index (χ2n) is 4.51. The molecule has 1 aromatic carbocycles. The first-order valence-corrected chi connectivity index (χ1v) is 6.37. The Bertz CT molecular complexity index is 542. The third kappa shape index (κ3) is 2.93. The third-order valence-corrected chi connectivity index (χ3v) is 3.08. The molecule has 2 rings (SSSR count). The van der Waals surface area contributed by atoms with Crippen LogP contribution in [0.2, 0.25) is 0 Å². The monoisotopic (exact) mass is 261 g/mol. The summed E-state index contributed by atoms with van der Waals surface area (Å²) in [5.74, 6) is 0.854. The van der Waals surface area contributed by atoms with Gasteiger partial charge in [-0.1, -0.05) is 17.3 Å². The Hall–Kier alpha value is -1.88. The number of aliphatic hydroxyl groups is 1. The average Bonchev–Trinajstić information content (AvgIpc) is 2.81. The molecule has 0 spiro atoms. The van der Waals surface area contributed by atoms with Crippen molar-refractivity contribution in [2.75, 3.05) is 0 Å². The van der Waals surface area contributed by atoms with E-state index in [1.54, 1.807) is 4.68 Å². The fourth-order valence-electron chi connectivity index (χ4n) is 1.91. The predicted molar refractivity (Wildman–Crippen MR) is 71.9 cm³/mol. The Morgan fingerprint density at radius 3 is 2.79 bits per heavy atom. The lowest BCUT2D eigenvalue weighted by Crippen LogP contribution is -2.08. The summed E-state index contributed by atoms with van der Waals surface area (Å²) in [4.78, 5) is 0. The number of hydrogen-bond donors (Lipinski definition) is 1. The van der Waals surface area contributed by atoms with Gasteiger partial charge in [0, 0.05) is 6.54 Å². The van der Waals surface area contributed by atoms with Crippen molar-refractivity contribution < 1.29 is 9.84 Å². The summed E-state index contributed by atoms with van der Waals surface area (Å²) in [6.07, 6.45) is 0. The Morgan fingerprint density at radius 2 is 2.11 bits per heavy atom. The summed E-state index contributed by atoms with van der Waals surface area (Å²) in [5.41, 5.74) is 3.65. The van der Waals surface area contributed by atoms with Gasteiger partial charge in [0.2, 0.25) is 0 Å². The van der Waals surface area contributed by atoms with Crippen LogP contribution in [0.4, 0.5) is 0 Å². The van der Waals surface area contributed by atoms with Crippen LogP contribution < -0.4 is 4.74 Å². The van der Waals surface area contributed by atoms with Gasteiger partial charge in [0.05, 0.1) is 6.61 Å². The summed E-state index contributed by atoms with van der Waals surface area (Å²) in [5, 5.41) is 17.2. The summed E-state index contributed by atoms with van der Waals surface area (Å²) in [6, 6.07) is 6.10. The first-order valence-electron chi connectivity index (χ1n) is 6.37. The lowest BCUT2D eigenvalue weighted by Gasteiger charge is -2.11. The highest BCUT2D eigenvalue weighted by Crippen LogP contribution is 2.21. The standard InChI is InChI=1S/C14H19N3O2/c1-4-17-13(12(8-18)15-16-17)9-19-14-7-10(2)5-6-11(14)3/h5-7,18H,4,8-9H2,1-3H3. The normalized spacial score (nSPS) is 10.7. The molecular formula is C14H19N3O2. The second-order valence-corrected chi connectivity index (χ2v) is 4.51. The number of aryl methyl sites for hydroxylation is 3. The highest BCUT2D eigenvalue weighted by Gasteiger charge is 2.12. The van der Waals surface area contributed by atoms with Crippen molar-refractivity contribution >= 4 is 0 Å². The Balaban J connectivity index is 2.18. The topological polar surface area (TPSA) is 60.2 Å². The summed E-state index contributed by atoms with van der Waals surface area (Å²) >= 11 is 0. The highest BCUT2D eigenvalue weighted by atomic mass is 16.5. The van der Waals surface area contributed by atoms with Gasteiger partial charge in [-0.15, -0.1) is 5.10 Å². The molecule has 1 N–H and O–H groups in total. The average molecular weight is 261 g/mol. The summed E-state index contributed by atoms with van der Waals surface area (Å²) in [6.45, 7) is 6.97. The lowest BCUT2D eigenvalue weighted by atomic mass is 10.1. The molecule has 2 aromatic rings. The van der Waals surface area contributed by atoms with Gasteiger partial charge in [0.25, 0.3) is 0 Å². The van der Waals surface area contributed by atoms with E-state index in [1.165, 1.54) is 0 Å². The van der Waals surface area contributed by atoms with Crippen LogP contribution in [-0.4, -0.2) is 20.1 Å². The molecule has 0 aliphatic rings. The van der Waals surface area contributed by atoms with Gasteiger partial charge in [-0.2, -0.15) is 0 Å². The van der Waals surface area contributed by atoms with E-state index in [4.69, 9.17) is 4.74 Å². The lowest BCUT2D eigenvalue weighted by molar-refractivity contribution is 0.261. The van der Waals surface area contributed by atoms with E-state index in [1.807, 2.05) is 32.9 Å². The van der Waals surface area contributed by atoms with Crippen LogP contribution in [0.25, 0.3) is 0 Å². The van der Waals surface area contributed by atoms with Crippen molar-refractivity contribution in [3.63, 3.8) is 0 Å². The van der Waals surface area contributed by atoms with Crippen LogP contribution >= 0.6 is 0 Å². The van der Waals surface area contributed by atoms with Crippen LogP contribution in [0.15, 0.2) is 18.2 Å². The van der Waals surface area contributed by atoms with Crippen LogP contribution in [0, 0.1) is 13.8 Å². The Kier molecular flexibility index (Phi) is 4.16. The van der Waals surface area contributed by atoms with E-state index in [0.29, 0.717) is 18.8 Å². The van der Waals surface area contributed by atoms with Crippen LogP contribution in [0.1, 0.15) is 29.4 Å². The van der Waals surface area contributed by atoms with E-state index in [0.717, 1.165) is 22.6 Å². The minimum absolute atomic E-state index is 0.120. The molecule has 102 valence electrons. The predicted octanol–water partition coefficient (Wildman–Crippen LogP) is 1.99. The number of hydrogen-bond acceptors (Lipinski definition) is 4. The van der Waals surface area contributed by atoms with E-state index in [-0.39, 0.29) is 6.61 Å². The minimum Gasteiger partial charge on any atom is -0.487 e. The SMILES string of the molecule is CCn1nnc(CO)c1COc1cc(C)ccc1C. The van der Waals surface area contributed by atoms with E-state index < -0.39 is 0 Å². The maximum atomic E-state index is 9.25. The number of aromatic nitrogens is 3. The molecule has 0 saturated carbocycles. The zero-order chi connectivity index (χ0) is 13.8. The molecule has 0 aliphatic carbocycles. The minimum atomic E-state index is -0.120. The van der Waals surface area contributed by atoms with Gasteiger partial charge in [-0.05, 0) is 38.0 Å². The van der Waals surface area contributed by atoms with Crippen LogP contribution in [0.3, 0.4) is 0 Å². The molecule has 0 fully saturated rings. The van der Waals surface area contributed by atoms with Crippen LogP contribution in [-0.2, 0) is 19.8 Å². The van der Waals surface area contributed by atoms with Gasteiger partial charge in [-0.3, -0.25) is 0 Å². The molecule has 5 heteroatoms. The largest absolute Gasteiger partial charge is 0.487 e. The number of benzene rings is 1. The van der Waals surface area contributed by atoms with Crippen molar-refractivity contribution in [1.29, 1.82) is 0 Å². The van der Waals surface area contributed by atoms with Gasteiger partial charge in [0.15, 0.2) is 0 Å². The highest BCUT2D eigenvalue weighted by molar-refractivity contribution is 5.36. The van der Waals surface area contributed by atoms with Crippen molar-refractivity contribution in [3.8, 4) is 5.75 Å². The zero-order valence-electron chi connectivity index (χ0n) is 11.6. The molecular weight excluding hydrogens is 242 g/mol. The molecule has 0 bridgehead atoms. The molecule has 0 aliphatic heterocycles. The number of ether oxygens (including phenoxy) is 1. The van der Waals surface area contributed by atoms with Crippen molar-refractivity contribution in [1.82, 2.24) is 15.0 Å². The van der Waals surface area contributed by atoms with Crippen LogP contribution in [0.5, 0.6) is 5.75 Å². The number of nitrogens with zero attached hydrogens (tertiary/aromatic N) is 3. The summed E-state index contributed by atoms with van der Waals surface area (Å²) < 4.78 is 7.58. The smallest absolute Gasteiger partial charge is 0.132 e. The van der Waals surface area contributed by atoms with Gasteiger partial charge in [-0.25, -0.2) is 4.68 Å².